The monoisotopic (exact) mass is 247 g/mol. The molecule has 1 aliphatic rings. The van der Waals surface area contributed by atoms with Crippen molar-refractivity contribution in [2.75, 3.05) is 6.54 Å². The Bertz CT molecular complexity index is 438. The van der Waals surface area contributed by atoms with Gasteiger partial charge in [-0.05, 0) is 38.3 Å². The summed E-state index contributed by atoms with van der Waals surface area (Å²) in [5.41, 5.74) is 4.27. The van der Waals surface area contributed by atoms with Crippen LogP contribution in [0.4, 0.5) is 0 Å². The highest BCUT2D eigenvalue weighted by molar-refractivity contribution is 5.34. The largest absolute Gasteiger partial charge is 0.294 e. The molecule has 2 heterocycles. The molecule has 3 heteroatoms. The molecule has 0 saturated heterocycles. The Balaban J connectivity index is 2.36. The molecule has 0 aliphatic carbocycles. The van der Waals surface area contributed by atoms with Gasteiger partial charge in [-0.1, -0.05) is 20.8 Å². The van der Waals surface area contributed by atoms with Gasteiger partial charge in [0.25, 0.3) is 0 Å². The summed E-state index contributed by atoms with van der Waals surface area (Å²) in [6.07, 6.45) is 3.04. The van der Waals surface area contributed by atoms with Crippen molar-refractivity contribution in [1.29, 1.82) is 0 Å². The zero-order valence-corrected chi connectivity index (χ0v) is 12.5. The van der Waals surface area contributed by atoms with Gasteiger partial charge in [0, 0.05) is 24.0 Å². The molecular weight excluding hydrogens is 222 g/mol. The van der Waals surface area contributed by atoms with Crippen LogP contribution >= 0.6 is 0 Å². The van der Waals surface area contributed by atoms with Crippen LogP contribution < -0.4 is 0 Å². The minimum absolute atomic E-state index is 0.0856. The van der Waals surface area contributed by atoms with Gasteiger partial charge in [0.1, 0.15) is 0 Å². The standard InChI is InChI=1S/C15H25N3/c1-14(2,3)13-12-7-8-18(15(4,5)6)10-11(12)9-16-17-13/h9H,7-8,10H2,1-6H3. The third-order valence-electron chi connectivity index (χ3n) is 3.70. The normalized spacial score (nSPS) is 17.7. The van der Waals surface area contributed by atoms with Crippen LogP contribution in [0.5, 0.6) is 0 Å². The molecule has 1 aromatic heterocycles. The summed E-state index contributed by atoms with van der Waals surface area (Å²) < 4.78 is 0. The maximum atomic E-state index is 4.38. The molecular formula is C15H25N3. The quantitative estimate of drug-likeness (QED) is 0.706. The summed E-state index contributed by atoms with van der Waals surface area (Å²) in [4.78, 5) is 2.52. The van der Waals surface area contributed by atoms with Crippen molar-refractivity contribution in [2.24, 2.45) is 0 Å². The molecule has 0 aromatic carbocycles. The van der Waals surface area contributed by atoms with E-state index >= 15 is 0 Å². The number of hydrogen-bond acceptors (Lipinski definition) is 3. The third kappa shape index (κ3) is 2.56. The fraction of sp³-hybridized carbons (Fsp3) is 0.733. The molecule has 0 fully saturated rings. The molecule has 18 heavy (non-hydrogen) atoms. The molecule has 0 spiro atoms. The van der Waals surface area contributed by atoms with Gasteiger partial charge in [-0.25, -0.2) is 0 Å². The molecule has 0 unspecified atom stereocenters. The molecule has 0 amide bonds. The second kappa shape index (κ2) is 4.30. The van der Waals surface area contributed by atoms with E-state index < -0.39 is 0 Å². The molecule has 0 N–H and O–H groups in total. The van der Waals surface area contributed by atoms with Crippen LogP contribution in [0.1, 0.15) is 58.4 Å². The number of aromatic nitrogens is 2. The average Bonchev–Trinajstić information content (AvgIpc) is 2.25. The molecule has 100 valence electrons. The van der Waals surface area contributed by atoms with Gasteiger partial charge in [0.05, 0.1) is 11.9 Å². The maximum Gasteiger partial charge on any atom is 0.0720 e. The second-order valence-electron chi connectivity index (χ2n) is 7.29. The minimum atomic E-state index is 0.0856. The number of rotatable bonds is 0. The number of hydrogen-bond donors (Lipinski definition) is 0. The lowest BCUT2D eigenvalue weighted by Gasteiger charge is -2.40. The molecule has 3 nitrogen and oxygen atoms in total. The van der Waals surface area contributed by atoms with Crippen molar-refractivity contribution < 1.29 is 0 Å². The van der Waals surface area contributed by atoms with Crippen LogP contribution in [-0.2, 0) is 18.4 Å². The summed E-state index contributed by atoms with van der Waals surface area (Å²) in [5, 5.41) is 8.59. The van der Waals surface area contributed by atoms with E-state index in [-0.39, 0.29) is 11.0 Å². The lowest BCUT2D eigenvalue weighted by Crippen LogP contribution is -2.45. The van der Waals surface area contributed by atoms with E-state index in [9.17, 15) is 0 Å². The van der Waals surface area contributed by atoms with Crippen molar-refractivity contribution in [3.63, 3.8) is 0 Å². The molecule has 0 saturated carbocycles. The van der Waals surface area contributed by atoms with Gasteiger partial charge < -0.3 is 0 Å². The van der Waals surface area contributed by atoms with Crippen LogP contribution in [0.3, 0.4) is 0 Å². The maximum absolute atomic E-state index is 4.38. The summed E-state index contributed by atoms with van der Waals surface area (Å²) in [5.74, 6) is 0. The summed E-state index contributed by atoms with van der Waals surface area (Å²) in [6.45, 7) is 15.6. The molecule has 1 aromatic rings. The minimum Gasteiger partial charge on any atom is -0.294 e. The predicted molar refractivity (Wildman–Crippen MR) is 74.6 cm³/mol. The van der Waals surface area contributed by atoms with Gasteiger partial charge >= 0.3 is 0 Å². The topological polar surface area (TPSA) is 29.0 Å². The van der Waals surface area contributed by atoms with Crippen LogP contribution in [-0.4, -0.2) is 27.2 Å². The van der Waals surface area contributed by atoms with Crippen molar-refractivity contribution >= 4 is 0 Å². The molecule has 0 radical (unpaired) electrons. The van der Waals surface area contributed by atoms with E-state index in [0.717, 1.165) is 19.5 Å². The van der Waals surface area contributed by atoms with Crippen LogP contribution in [0.2, 0.25) is 0 Å². The van der Waals surface area contributed by atoms with Gasteiger partial charge in [0.15, 0.2) is 0 Å². The fourth-order valence-corrected chi connectivity index (χ4v) is 2.57. The van der Waals surface area contributed by atoms with Gasteiger partial charge in [-0.2, -0.15) is 10.2 Å². The van der Waals surface area contributed by atoms with Crippen molar-refractivity contribution in [3.05, 3.63) is 23.0 Å². The third-order valence-corrected chi connectivity index (χ3v) is 3.70. The summed E-state index contributed by atoms with van der Waals surface area (Å²) in [7, 11) is 0. The van der Waals surface area contributed by atoms with Crippen molar-refractivity contribution in [1.82, 2.24) is 15.1 Å². The second-order valence-corrected chi connectivity index (χ2v) is 7.29. The van der Waals surface area contributed by atoms with Gasteiger partial charge in [-0.3, -0.25) is 4.90 Å². The van der Waals surface area contributed by atoms with Crippen molar-refractivity contribution in [2.45, 2.75) is 65.5 Å². The first-order chi connectivity index (χ1) is 8.19. The first-order valence-corrected chi connectivity index (χ1v) is 6.78. The van der Waals surface area contributed by atoms with Crippen LogP contribution in [0, 0.1) is 0 Å². The Hall–Kier alpha value is -0.960. The van der Waals surface area contributed by atoms with E-state index in [1.807, 2.05) is 6.20 Å². The predicted octanol–water partition coefficient (Wildman–Crippen LogP) is 2.93. The smallest absolute Gasteiger partial charge is 0.0720 e. The SMILES string of the molecule is CC(C)(C)c1nncc2c1CCN(C(C)(C)C)C2. The Kier molecular flexibility index (Phi) is 3.22. The molecule has 0 atom stereocenters. The first kappa shape index (κ1) is 13.5. The molecule has 1 aliphatic heterocycles. The lowest BCUT2D eigenvalue weighted by molar-refractivity contribution is 0.120. The zero-order valence-electron chi connectivity index (χ0n) is 12.5. The van der Waals surface area contributed by atoms with Crippen LogP contribution in [0.15, 0.2) is 6.20 Å². The lowest BCUT2D eigenvalue weighted by atomic mass is 9.84. The van der Waals surface area contributed by atoms with E-state index in [4.69, 9.17) is 0 Å². The zero-order chi connectivity index (χ0) is 13.6. The van der Waals surface area contributed by atoms with E-state index in [1.54, 1.807) is 0 Å². The Morgan fingerprint density at radius 3 is 2.33 bits per heavy atom. The number of fused-ring (bicyclic) bond motifs is 1. The highest BCUT2D eigenvalue weighted by Crippen LogP contribution is 2.30. The fourth-order valence-electron chi connectivity index (χ4n) is 2.57. The Labute approximate surface area is 111 Å². The molecule has 2 rings (SSSR count). The summed E-state index contributed by atoms with van der Waals surface area (Å²) in [6, 6.07) is 0. The van der Waals surface area contributed by atoms with E-state index in [1.165, 1.54) is 16.8 Å². The Morgan fingerprint density at radius 2 is 1.78 bits per heavy atom. The highest BCUT2D eigenvalue weighted by atomic mass is 15.2. The van der Waals surface area contributed by atoms with Crippen LogP contribution in [0.25, 0.3) is 0 Å². The number of nitrogens with zero attached hydrogens (tertiary/aromatic N) is 3. The summed E-state index contributed by atoms with van der Waals surface area (Å²) >= 11 is 0. The highest BCUT2D eigenvalue weighted by Gasteiger charge is 2.30. The van der Waals surface area contributed by atoms with E-state index in [0.29, 0.717) is 0 Å². The average molecular weight is 247 g/mol. The first-order valence-electron chi connectivity index (χ1n) is 6.78. The molecule has 0 bridgehead atoms. The van der Waals surface area contributed by atoms with Gasteiger partial charge in [0.2, 0.25) is 0 Å². The van der Waals surface area contributed by atoms with Gasteiger partial charge in [-0.15, -0.1) is 0 Å². The Morgan fingerprint density at radius 1 is 1.11 bits per heavy atom. The van der Waals surface area contributed by atoms with E-state index in [2.05, 4.69) is 56.6 Å². The van der Waals surface area contributed by atoms with Crippen molar-refractivity contribution in [3.8, 4) is 0 Å².